The number of sulfone groups is 1. The van der Waals surface area contributed by atoms with Crippen LogP contribution in [0.5, 0.6) is 5.75 Å². The molecule has 0 aromatic heterocycles. The maximum atomic E-state index is 12.0. The van der Waals surface area contributed by atoms with Crippen LogP contribution in [-0.4, -0.2) is 30.5 Å². The number of nitriles is 1. The van der Waals surface area contributed by atoms with E-state index in [0.29, 0.717) is 24.3 Å². The third-order valence-electron chi connectivity index (χ3n) is 4.70. The first-order valence-electron chi connectivity index (χ1n) is 8.54. The third-order valence-corrected chi connectivity index (χ3v) is 6.73. The van der Waals surface area contributed by atoms with Crippen molar-refractivity contribution in [3.8, 4) is 11.8 Å². The summed E-state index contributed by atoms with van der Waals surface area (Å²) in [6.45, 7) is 1.65. The van der Waals surface area contributed by atoms with E-state index < -0.39 is 20.5 Å². The molecule has 28 heavy (non-hydrogen) atoms. The fourth-order valence-corrected chi connectivity index (χ4v) is 3.42. The van der Waals surface area contributed by atoms with Crippen molar-refractivity contribution in [1.82, 2.24) is 5.48 Å². The van der Waals surface area contributed by atoms with Gasteiger partial charge in [-0.1, -0.05) is 24.3 Å². The highest BCUT2D eigenvalue weighted by atomic mass is 32.2. The number of aryl methyl sites for hydroxylation is 1. The van der Waals surface area contributed by atoms with Gasteiger partial charge in [0.25, 0.3) is 5.91 Å². The number of amides is 1. The van der Waals surface area contributed by atoms with E-state index >= 15 is 0 Å². The van der Waals surface area contributed by atoms with Crippen LogP contribution >= 0.6 is 0 Å². The summed E-state index contributed by atoms with van der Waals surface area (Å²) >= 11 is 0. The van der Waals surface area contributed by atoms with E-state index in [0.717, 1.165) is 17.4 Å². The second-order valence-corrected chi connectivity index (χ2v) is 9.13. The molecule has 0 aliphatic carbocycles. The van der Waals surface area contributed by atoms with E-state index in [-0.39, 0.29) is 6.42 Å². The quantitative estimate of drug-likeness (QED) is 0.517. The normalized spacial score (nSPS) is 13.2. The van der Waals surface area contributed by atoms with Gasteiger partial charge in [-0.15, -0.1) is 0 Å². The minimum atomic E-state index is -3.72. The van der Waals surface area contributed by atoms with Crippen molar-refractivity contribution in [1.29, 1.82) is 5.26 Å². The summed E-state index contributed by atoms with van der Waals surface area (Å²) in [6, 6.07) is 16.3. The highest BCUT2D eigenvalue weighted by Crippen LogP contribution is 2.24. The Kier molecular flexibility index (Phi) is 6.78. The molecule has 0 radical (unpaired) electrons. The fraction of sp³-hybridized carbons (Fsp3) is 0.300. The van der Waals surface area contributed by atoms with Crippen LogP contribution in [0.2, 0.25) is 0 Å². The van der Waals surface area contributed by atoms with Gasteiger partial charge in [0.05, 0.1) is 11.6 Å². The Morgan fingerprint density at radius 3 is 2.21 bits per heavy atom. The van der Waals surface area contributed by atoms with Gasteiger partial charge in [0.1, 0.15) is 17.1 Å². The van der Waals surface area contributed by atoms with Crippen LogP contribution in [0, 0.1) is 11.3 Å². The Bertz CT molecular complexity index is 963. The number of nitrogens with one attached hydrogen (secondary N) is 1. The Morgan fingerprint density at radius 1 is 1.14 bits per heavy atom. The summed E-state index contributed by atoms with van der Waals surface area (Å²) in [7, 11) is -3.72. The van der Waals surface area contributed by atoms with E-state index in [1.807, 2.05) is 12.1 Å². The smallest absolute Gasteiger partial charge is 0.264 e. The summed E-state index contributed by atoms with van der Waals surface area (Å²) in [6.07, 6.45) is 1.35. The molecule has 7 nitrogen and oxygen atoms in total. The first-order chi connectivity index (χ1) is 13.2. The fourth-order valence-electron chi connectivity index (χ4n) is 2.56. The Balaban J connectivity index is 1.98. The van der Waals surface area contributed by atoms with E-state index in [9.17, 15) is 13.2 Å². The maximum absolute atomic E-state index is 12.0. The molecule has 0 aliphatic heterocycles. The number of nitrogens with zero attached hydrogens (tertiary/aromatic N) is 1. The third kappa shape index (κ3) is 5.09. The molecular formula is C20H22N2O5S. The number of hydroxylamine groups is 1. The first kappa shape index (κ1) is 21.4. The van der Waals surface area contributed by atoms with Crippen molar-refractivity contribution < 1.29 is 23.2 Å². The van der Waals surface area contributed by atoms with Crippen LogP contribution < -0.4 is 10.2 Å². The lowest BCUT2D eigenvalue weighted by Gasteiger charge is -2.25. The highest BCUT2D eigenvalue weighted by molar-refractivity contribution is 7.92. The number of hydrogen-bond donors (Lipinski definition) is 2. The van der Waals surface area contributed by atoms with Crippen molar-refractivity contribution in [2.45, 2.75) is 31.1 Å². The Hall–Kier alpha value is -2.89. The zero-order chi connectivity index (χ0) is 20.8. The van der Waals surface area contributed by atoms with E-state index in [2.05, 4.69) is 6.07 Å². The lowest BCUT2D eigenvalue weighted by atomic mass is 9.99. The van der Waals surface area contributed by atoms with Gasteiger partial charge in [0, 0.05) is 6.26 Å². The van der Waals surface area contributed by atoms with Gasteiger partial charge in [0.2, 0.25) is 0 Å². The number of hydrogen-bond acceptors (Lipinski definition) is 6. The molecule has 1 amide bonds. The van der Waals surface area contributed by atoms with Crippen LogP contribution in [0.3, 0.4) is 0 Å². The SMILES string of the molecule is CC(CCc1ccc(OCc2ccc(C#N)cc2)cc1)(C(=O)NO)S(C)(=O)=O. The van der Waals surface area contributed by atoms with Gasteiger partial charge in [-0.25, -0.2) is 13.9 Å². The van der Waals surface area contributed by atoms with Gasteiger partial charge in [-0.3, -0.25) is 10.0 Å². The summed E-state index contributed by atoms with van der Waals surface area (Å²) in [4.78, 5) is 11.8. The van der Waals surface area contributed by atoms with Crippen LogP contribution in [0.4, 0.5) is 0 Å². The van der Waals surface area contributed by atoms with Crippen molar-refractivity contribution in [3.05, 3.63) is 65.2 Å². The molecule has 0 aliphatic rings. The predicted molar refractivity (Wildman–Crippen MR) is 103 cm³/mol. The molecule has 148 valence electrons. The standard InChI is InChI=1S/C20H22N2O5S/c1-20(19(23)22-24,28(2,25)26)12-11-15-7-9-18(10-8-15)27-14-17-5-3-16(13-21)4-6-17/h3-10,24H,11-12,14H2,1-2H3,(H,22,23). The average Bonchev–Trinajstić information content (AvgIpc) is 2.70. The molecule has 2 N–H and O–H groups in total. The Morgan fingerprint density at radius 2 is 1.71 bits per heavy atom. The molecular weight excluding hydrogens is 380 g/mol. The molecule has 1 unspecified atom stereocenters. The summed E-state index contributed by atoms with van der Waals surface area (Å²) in [5, 5.41) is 17.6. The number of rotatable bonds is 8. The minimum absolute atomic E-state index is 0.0314. The zero-order valence-corrected chi connectivity index (χ0v) is 16.5. The molecule has 8 heteroatoms. The van der Waals surface area contributed by atoms with Gasteiger partial charge in [-0.2, -0.15) is 5.26 Å². The molecule has 0 saturated carbocycles. The molecule has 0 saturated heterocycles. The molecule has 1 atom stereocenters. The topological polar surface area (TPSA) is 116 Å². The summed E-state index contributed by atoms with van der Waals surface area (Å²) in [5.41, 5.74) is 3.80. The van der Waals surface area contributed by atoms with Gasteiger partial charge in [-0.05, 0) is 55.2 Å². The van der Waals surface area contributed by atoms with Gasteiger partial charge >= 0.3 is 0 Å². The largest absolute Gasteiger partial charge is 0.489 e. The Labute approximate surface area is 164 Å². The summed E-state index contributed by atoms with van der Waals surface area (Å²) in [5.74, 6) is -0.301. The molecule has 2 rings (SSSR count). The summed E-state index contributed by atoms with van der Waals surface area (Å²) < 4.78 is 27.9. The molecule has 0 bridgehead atoms. The first-order valence-corrected chi connectivity index (χ1v) is 10.4. The molecule has 0 heterocycles. The van der Waals surface area contributed by atoms with E-state index in [1.165, 1.54) is 12.4 Å². The van der Waals surface area contributed by atoms with Crippen molar-refractivity contribution in [3.63, 3.8) is 0 Å². The second kappa shape index (κ2) is 8.87. The van der Waals surface area contributed by atoms with E-state index in [1.54, 1.807) is 36.4 Å². The monoisotopic (exact) mass is 402 g/mol. The predicted octanol–water partition coefficient (Wildman–Crippen LogP) is 2.38. The lowest BCUT2D eigenvalue weighted by Crippen LogP contribution is -2.49. The van der Waals surface area contributed by atoms with Crippen LogP contribution in [0.1, 0.15) is 30.0 Å². The second-order valence-electron chi connectivity index (χ2n) is 6.69. The molecule has 2 aromatic carbocycles. The van der Waals surface area contributed by atoms with Crippen LogP contribution in [-0.2, 0) is 27.7 Å². The van der Waals surface area contributed by atoms with Crippen LogP contribution in [0.15, 0.2) is 48.5 Å². The lowest BCUT2D eigenvalue weighted by molar-refractivity contribution is -0.131. The van der Waals surface area contributed by atoms with Crippen molar-refractivity contribution >= 4 is 15.7 Å². The number of carbonyl (C=O) groups excluding carboxylic acids is 1. The average molecular weight is 402 g/mol. The number of ether oxygens (including phenoxy) is 1. The zero-order valence-electron chi connectivity index (χ0n) is 15.7. The van der Waals surface area contributed by atoms with Crippen molar-refractivity contribution in [2.75, 3.05) is 6.26 Å². The molecule has 0 spiro atoms. The molecule has 2 aromatic rings. The van der Waals surface area contributed by atoms with Gasteiger partial charge < -0.3 is 4.74 Å². The number of benzene rings is 2. The van der Waals surface area contributed by atoms with Crippen molar-refractivity contribution in [2.24, 2.45) is 0 Å². The van der Waals surface area contributed by atoms with Gasteiger partial charge in [0.15, 0.2) is 9.84 Å². The molecule has 0 fully saturated rings. The minimum Gasteiger partial charge on any atom is -0.489 e. The highest BCUT2D eigenvalue weighted by Gasteiger charge is 2.43. The number of carbonyl (C=O) groups is 1. The van der Waals surface area contributed by atoms with Crippen LogP contribution in [0.25, 0.3) is 0 Å². The maximum Gasteiger partial charge on any atom is 0.264 e. The van der Waals surface area contributed by atoms with E-state index in [4.69, 9.17) is 15.2 Å².